The first-order valence-corrected chi connectivity index (χ1v) is 9.15. The predicted octanol–water partition coefficient (Wildman–Crippen LogP) is 3.44. The summed E-state index contributed by atoms with van der Waals surface area (Å²) < 4.78 is 0. The number of guanidine groups is 1. The van der Waals surface area contributed by atoms with Crippen molar-refractivity contribution in [3.8, 4) is 0 Å². The molecule has 142 valence electrons. The van der Waals surface area contributed by atoms with E-state index in [2.05, 4.69) is 35.9 Å². The van der Waals surface area contributed by atoms with Crippen LogP contribution in [-0.4, -0.2) is 26.0 Å². The number of benzene rings is 1. The second-order valence-corrected chi connectivity index (χ2v) is 6.48. The van der Waals surface area contributed by atoms with E-state index >= 15 is 0 Å². The monoisotopic (exact) mass is 391 g/mol. The van der Waals surface area contributed by atoms with Gasteiger partial charge >= 0.3 is 0 Å². The summed E-state index contributed by atoms with van der Waals surface area (Å²) in [6, 6.07) is 15.4. The second-order valence-electron chi connectivity index (χ2n) is 6.07. The molecule has 0 atom stereocenters. The number of hydrogen-bond donors (Lipinski definition) is 3. The highest BCUT2D eigenvalue weighted by Crippen LogP contribution is 2.06. The molecule has 0 bridgehead atoms. The maximum Gasteiger partial charge on any atom is 0.229 e. The third kappa shape index (κ3) is 6.10. The van der Waals surface area contributed by atoms with E-state index in [4.69, 9.17) is 12.2 Å². The number of aryl methyl sites for hydroxylation is 2. The summed E-state index contributed by atoms with van der Waals surface area (Å²) >= 11 is 5.41. The molecule has 0 unspecified atom stereocenters. The highest BCUT2D eigenvalue weighted by molar-refractivity contribution is 7.80. The van der Waals surface area contributed by atoms with Crippen molar-refractivity contribution in [2.45, 2.75) is 20.4 Å². The molecule has 7 nitrogen and oxygen atoms in total. The topological polar surface area (TPSA) is 87.1 Å². The normalized spacial score (nSPS) is 11.0. The fraction of sp³-hybridized carbons (Fsp3) is 0.150. The van der Waals surface area contributed by atoms with E-state index in [1.807, 2.05) is 62.4 Å². The molecule has 28 heavy (non-hydrogen) atoms. The quantitative estimate of drug-likeness (QED) is 0.357. The molecule has 0 saturated heterocycles. The Morgan fingerprint density at radius 2 is 1.75 bits per heavy atom. The van der Waals surface area contributed by atoms with E-state index in [0.29, 0.717) is 23.6 Å². The van der Waals surface area contributed by atoms with Crippen LogP contribution in [0.1, 0.15) is 17.0 Å². The molecule has 0 aliphatic rings. The average Bonchev–Trinajstić information content (AvgIpc) is 2.67. The fourth-order valence-electron chi connectivity index (χ4n) is 2.45. The van der Waals surface area contributed by atoms with E-state index in [9.17, 15) is 0 Å². The van der Waals surface area contributed by atoms with Crippen LogP contribution in [0.15, 0.2) is 65.9 Å². The molecular weight excluding hydrogens is 370 g/mol. The Kier molecular flexibility index (Phi) is 6.59. The van der Waals surface area contributed by atoms with Gasteiger partial charge in [0.1, 0.15) is 0 Å². The summed E-state index contributed by atoms with van der Waals surface area (Å²) in [7, 11) is 0. The Labute approximate surface area is 169 Å². The fourth-order valence-corrected chi connectivity index (χ4v) is 2.67. The van der Waals surface area contributed by atoms with E-state index in [0.717, 1.165) is 22.6 Å². The van der Waals surface area contributed by atoms with Crippen LogP contribution in [-0.2, 0) is 6.54 Å². The second kappa shape index (κ2) is 9.52. The average molecular weight is 392 g/mol. The van der Waals surface area contributed by atoms with Gasteiger partial charge in [0.2, 0.25) is 11.9 Å². The zero-order valence-electron chi connectivity index (χ0n) is 15.7. The number of rotatable bonds is 4. The predicted molar refractivity (Wildman–Crippen MR) is 116 cm³/mol. The van der Waals surface area contributed by atoms with E-state index in [1.54, 1.807) is 12.4 Å². The molecule has 0 spiro atoms. The molecule has 2 aromatic heterocycles. The van der Waals surface area contributed by atoms with Gasteiger partial charge in [0.15, 0.2) is 5.11 Å². The zero-order valence-corrected chi connectivity index (χ0v) is 16.5. The van der Waals surface area contributed by atoms with Crippen LogP contribution in [0.2, 0.25) is 0 Å². The third-order valence-corrected chi connectivity index (χ3v) is 3.82. The molecular formula is C20H21N7S. The van der Waals surface area contributed by atoms with Crippen LogP contribution in [0, 0.1) is 13.8 Å². The first-order valence-electron chi connectivity index (χ1n) is 8.74. The smallest absolute Gasteiger partial charge is 0.229 e. The molecule has 0 aliphatic carbocycles. The van der Waals surface area contributed by atoms with Gasteiger partial charge in [0.25, 0.3) is 0 Å². The first-order chi connectivity index (χ1) is 13.6. The minimum absolute atomic E-state index is 0.410. The van der Waals surface area contributed by atoms with E-state index in [-0.39, 0.29) is 0 Å². The number of thiocarbonyl (C=S) groups is 1. The molecule has 0 saturated carbocycles. The van der Waals surface area contributed by atoms with Crippen molar-refractivity contribution < 1.29 is 0 Å². The van der Waals surface area contributed by atoms with E-state index < -0.39 is 0 Å². The number of anilines is 2. The van der Waals surface area contributed by atoms with Crippen molar-refractivity contribution in [1.29, 1.82) is 0 Å². The van der Waals surface area contributed by atoms with Crippen LogP contribution in [0.3, 0.4) is 0 Å². The number of aliphatic imine (C=N–C) groups is 1. The molecule has 0 amide bonds. The minimum atomic E-state index is 0.410. The number of nitrogens with one attached hydrogen (secondary N) is 3. The molecule has 0 fully saturated rings. The molecule has 1 aromatic carbocycles. The van der Waals surface area contributed by atoms with Gasteiger partial charge in [-0.3, -0.25) is 10.3 Å². The van der Waals surface area contributed by atoms with Crippen molar-refractivity contribution in [3.05, 3.63) is 77.9 Å². The molecule has 2 heterocycles. The van der Waals surface area contributed by atoms with Crippen LogP contribution >= 0.6 is 12.2 Å². The highest BCUT2D eigenvalue weighted by Gasteiger charge is 2.07. The Morgan fingerprint density at radius 1 is 1.00 bits per heavy atom. The summed E-state index contributed by atoms with van der Waals surface area (Å²) in [6.45, 7) is 4.27. The van der Waals surface area contributed by atoms with Crippen molar-refractivity contribution in [3.63, 3.8) is 0 Å². The van der Waals surface area contributed by atoms with Crippen molar-refractivity contribution in [2.75, 3.05) is 10.6 Å². The van der Waals surface area contributed by atoms with Gasteiger partial charge in [-0.05, 0) is 55.9 Å². The summed E-state index contributed by atoms with van der Waals surface area (Å²) in [4.78, 5) is 17.5. The van der Waals surface area contributed by atoms with Crippen molar-refractivity contribution in [1.82, 2.24) is 20.3 Å². The molecule has 0 radical (unpaired) electrons. The summed E-state index contributed by atoms with van der Waals surface area (Å²) in [6.07, 6.45) is 3.50. The van der Waals surface area contributed by atoms with Gasteiger partial charge in [-0.15, -0.1) is 0 Å². The molecule has 3 N–H and O–H groups in total. The lowest BCUT2D eigenvalue weighted by atomic mass is 10.3. The van der Waals surface area contributed by atoms with Gasteiger partial charge < -0.3 is 10.6 Å². The van der Waals surface area contributed by atoms with Crippen LogP contribution in [0.4, 0.5) is 11.6 Å². The van der Waals surface area contributed by atoms with Gasteiger partial charge in [-0.1, -0.05) is 24.3 Å². The minimum Gasteiger partial charge on any atom is -0.332 e. The maximum absolute atomic E-state index is 5.41. The standard InChI is InChI=1S/C20H21N7S/c1-14-11-15(2)24-19(23-14)26-18(22-13-16-7-6-10-21-12-16)27-20(28)25-17-8-4-3-5-9-17/h3-12H,13H2,1-2H3,(H3,22,23,24,25,26,27,28). The van der Waals surface area contributed by atoms with Crippen LogP contribution in [0.25, 0.3) is 0 Å². The lowest BCUT2D eigenvalue weighted by molar-refractivity contribution is 1.02. The summed E-state index contributed by atoms with van der Waals surface area (Å²) in [5.41, 5.74) is 3.60. The van der Waals surface area contributed by atoms with Crippen molar-refractivity contribution in [2.24, 2.45) is 4.99 Å². The third-order valence-electron chi connectivity index (χ3n) is 3.62. The SMILES string of the molecule is Cc1cc(C)nc(NC(=NCc2cccnc2)NC(=S)Nc2ccccc2)n1. The number of nitrogens with zero attached hydrogens (tertiary/aromatic N) is 4. The number of aromatic nitrogens is 3. The van der Waals surface area contributed by atoms with Crippen LogP contribution < -0.4 is 16.0 Å². The molecule has 0 aliphatic heterocycles. The largest absolute Gasteiger partial charge is 0.332 e. The summed E-state index contributed by atoms with van der Waals surface area (Å²) in [5, 5.41) is 9.73. The Balaban J connectivity index is 1.76. The van der Waals surface area contributed by atoms with Gasteiger partial charge in [0, 0.05) is 29.5 Å². The van der Waals surface area contributed by atoms with Gasteiger partial charge in [-0.25, -0.2) is 15.0 Å². The molecule has 3 aromatic rings. The molecule has 3 rings (SSSR count). The first kappa shape index (κ1) is 19.4. The number of para-hydroxylation sites is 1. The van der Waals surface area contributed by atoms with Gasteiger partial charge in [-0.2, -0.15) is 0 Å². The Bertz CT molecular complexity index is 939. The highest BCUT2D eigenvalue weighted by atomic mass is 32.1. The van der Waals surface area contributed by atoms with E-state index in [1.165, 1.54) is 0 Å². The van der Waals surface area contributed by atoms with Crippen molar-refractivity contribution >= 4 is 34.9 Å². The molecule has 8 heteroatoms. The zero-order chi connectivity index (χ0) is 19.8. The lowest BCUT2D eigenvalue weighted by Gasteiger charge is -2.14. The van der Waals surface area contributed by atoms with Crippen LogP contribution in [0.5, 0.6) is 0 Å². The Hall–Kier alpha value is -3.39. The maximum atomic E-state index is 5.41. The summed E-state index contributed by atoms with van der Waals surface area (Å²) in [5.74, 6) is 0.903. The lowest BCUT2D eigenvalue weighted by Crippen LogP contribution is -2.39. The number of pyridine rings is 1. The Morgan fingerprint density at radius 3 is 2.43 bits per heavy atom. The van der Waals surface area contributed by atoms with Gasteiger partial charge in [0.05, 0.1) is 6.54 Å². The number of hydrogen-bond acceptors (Lipinski definition) is 5.